The second kappa shape index (κ2) is 6.95. The van der Waals surface area contributed by atoms with Crippen molar-refractivity contribution in [3.05, 3.63) is 0 Å². The van der Waals surface area contributed by atoms with Crippen molar-refractivity contribution >= 4 is 11.8 Å². The van der Waals surface area contributed by atoms with Crippen molar-refractivity contribution in [2.45, 2.75) is 32.9 Å². The summed E-state index contributed by atoms with van der Waals surface area (Å²) in [5, 5.41) is 12.2. The Morgan fingerprint density at radius 1 is 1.45 bits per heavy atom. The molecule has 0 aromatic carbocycles. The molecule has 68 valence electrons. The summed E-state index contributed by atoms with van der Waals surface area (Å²) in [5.74, 6) is 2.13. The molecular formula is C8H19NOS. The molecule has 11 heavy (non-hydrogen) atoms. The van der Waals surface area contributed by atoms with Gasteiger partial charge in [-0.3, -0.25) is 0 Å². The Hall–Kier alpha value is 0.270. The molecule has 0 saturated heterocycles. The summed E-state index contributed by atoms with van der Waals surface area (Å²) < 4.78 is 0. The topological polar surface area (TPSA) is 32.3 Å². The lowest BCUT2D eigenvalue weighted by Gasteiger charge is -2.17. The monoisotopic (exact) mass is 177 g/mol. The van der Waals surface area contributed by atoms with Crippen molar-refractivity contribution in [1.29, 1.82) is 0 Å². The van der Waals surface area contributed by atoms with Crippen LogP contribution in [0.1, 0.15) is 20.8 Å². The Morgan fingerprint density at radius 2 is 2.09 bits per heavy atom. The van der Waals surface area contributed by atoms with E-state index in [0.29, 0.717) is 6.04 Å². The van der Waals surface area contributed by atoms with Crippen molar-refractivity contribution in [2.24, 2.45) is 0 Å². The van der Waals surface area contributed by atoms with Gasteiger partial charge in [-0.25, -0.2) is 0 Å². The Kier molecular flexibility index (Phi) is 7.12. The molecule has 0 saturated carbocycles. The predicted octanol–water partition coefficient (Wildman–Crippen LogP) is 1.10. The lowest BCUT2D eigenvalue weighted by atomic mass is 10.3. The standard InChI is InChI=1S/C8H19NOS/c1-4-11-6-8(5-10)9-7(2)3/h7-10H,4-6H2,1-3H3. The normalized spacial score (nSPS) is 13.9. The van der Waals surface area contributed by atoms with Gasteiger partial charge in [0.05, 0.1) is 6.61 Å². The van der Waals surface area contributed by atoms with Crippen LogP contribution in [0.3, 0.4) is 0 Å². The van der Waals surface area contributed by atoms with E-state index in [1.54, 1.807) is 0 Å². The van der Waals surface area contributed by atoms with Crippen molar-refractivity contribution in [3.8, 4) is 0 Å². The summed E-state index contributed by atoms with van der Waals surface area (Å²) >= 11 is 1.86. The van der Waals surface area contributed by atoms with Crippen LogP contribution in [0.2, 0.25) is 0 Å². The molecule has 3 heteroatoms. The molecule has 0 heterocycles. The van der Waals surface area contributed by atoms with Crippen LogP contribution in [0.25, 0.3) is 0 Å². The number of rotatable bonds is 6. The van der Waals surface area contributed by atoms with Crippen LogP contribution in [0.4, 0.5) is 0 Å². The van der Waals surface area contributed by atoms with Gasteiger partial charge >= 0.3 is 0 Å². The maximum atomic E-state index is 8.93. The van der Waals surface area contributed by atoms with E-state index in [0.717, 1.165) is 11.5 Å². The molecule has 0 aliphatic carbocycles. The Morgan fingerprint density at radius 3 is 2.45 bits per heavy atom. The van der Waals surface area contributed by atoms with Gasteiger partial charge in [-0.1, -0.05) is 20.8 Å². The lowest BCUT2D eigenvalue weighted by Crippen LogP contribution is -2.39. The van der Waals surface area contributed by atoms with Gasteiger partial charge in [0.15, 0.2) is 0 Å². The number of thioether (sulfide) groups is 1. The Bertz CT molecular complexity index is 88.2. The zero-order valence-electron chi connectivity index (χ0n) is 7.63. The molecule has 1 atom stereocenters. The predicted molar refractivity (Wildman–Crippen MR) is 52.1 cm³/mol. The van der Waals surface area contributed by atoms with E-state index < -0.39 is 0 Å². The average molecular weight is 177 g/mol. The summed E-state index contributed by atoms with van der Waals surface area (Å²) in [7, 11) is 0. The van der Waals surface area contributed by atoms with Crippen LogP contribution < -0.4 is 5.32 Å². The highest BCUT2D eigenvalue weighted by molar-refractivity contribution is 7.99. The van der Waals surface area contributed by atoms with Crippen molar-refractivity contribution < 1.29 is 5.11 Å². The van der Waals surface area contributed by atoms with E-state index in [9.17, 15) is 0 Å². The maximum Gasteiger partial charge on any atom is 0.0592 e. The minimum atomic E-state index is 0.241. The van der Waals surface area contributed by atoms with Crippen LogP contribution in [-0.4, -0.2) is 35.3 Å². The Labute approximate surface area is 73.8 Å². The number of nitrogens with one attached hydrogen (secondary N) is 1. The fraction of sp³-hybridized carbons (Fsp3) is 1.00. The summed E-state index contributed by atoms with van der Waals surface area (Å²) in [4.78, 5) is 0. The van der Waals surface area contributed by atoms with E-state index in [1.165, 1.54) is 0 Å². The van der Waals surface area contributed by atoms with E-state index in [4.69, 9.17) is 5.11 Å². The SMILES string of the molecule is CCSCC(CO)NC(C)C. The maximum absolute atomic E-state index is 8.93. The number of aliphatic hydroxyl groups is 1. The second-order valence-electron chi connectivity index (χ2n) is 2.86. The summed E-state index contributed by atoms with van der Waals surface area (Å²) in [5.41, 5.74) is 0. The van der Waals surface area contributed by atoms with E-state index in [1.807, 2.05) is 11.8 Å². The highest BCUT2D eigenvalue weighted by Gasteiger charge is 2.06. The van der Waals surface area contributed by atoms with Gasteiger partial charge < -0.3 is 10.4 Å². The van der Waals surface area contributed by atoms with Gasteiger partial charge in [0, 0.05) is 17.8 Å². The first-order valence-electron chi connectivity index (χ1n) is 4.15. The molecule has 0 aromatic heterocycles. The fourth-order valence-corrected chi connectivity index (χ4v) is 1.61. The molecule has 2 N–H and O–H groups in total. The summed E-state index contributed by atoms with van der Waals surface area (Å²) in [6.07, 6.45) is 0. The highest BCUT2D eigenvalue weighted by Crippen LogP contribution is 2.01. The van der Waals surface area contributed by atoms with Crippen molar-refractivity contribution in [3.63, 3.8) is 0 Å². The van der Waals surface area contributed by atoms with Gasteiger partial charge in [0.2, 0.25) is 0 Å². The third-order valence-corrected chi connectivity index (χ3v) is 2.36. The zero-order valence-corrected chi connectivity index (χ0v) is 8.45. The molecule has 0 bridgehead atoms. The molecule has 2 nitrogen and oxygen atoms in total. The van der Waals surface area contributed by atoms with Gasteiger partial charge in [-0.2, -0.15) is 11.8 Å². The molecule has 0 rings (SSSR count). The first-order valence-corrected chi connectivity index (χ1v) is 5.30. The van der Waals surface area contributed by atoms with Crippen molar-refractivity contribution in [1.82, 2.24) is 5.32 Å². The zero-order chi connectivity index (χ0) is 8.69. The smallest absolute Gasteiger partial charge is 0.0592 e. The van der Waals surface area contributed by atoms with Crippen LogP contribution in [0.5, 0.6) is 0 Å². The van der Waals surface area contributed by atoms with Gasteiger partial charge in [-0.15, -0.1) is 0 Å². The quantitative estimate of drug-likeness (QED) is 0.637. The highest BCUT2D eigenvalue weighted by atomic mass is 32.2. The van der Waals surface area contributed by atoms with Crippen LogP contribution in [0, 0.1) is 0 Å². The minimum absolute atomic E-state index is 0.241. The third kappa shape index (κ3) is 6.66. The molecule has 0 radical (unpaired) electrons. The van der Waals surface area contributed by atoms with E-state index in [-0.39, 0.29) is 12.6 Å². The van der Waals surface area contributed by atoms with Crippen LogP contribution in [-0.2, 0) is 0 Å². The third-order valence-electron chi connectivity index (χ3n) is 1.31. The van der Waals surface area contributed by atoms with Gasteiger partial charge in [0.25, 0.3) is 0 Å². The average Bonchev–Trinajstić information content (AvgIpc) is 1.97. The van der Waals surface area contributed by atoms with Crippen LogP contribution in [0.15, 0.2) is 0 Å². The fourth-order valence-electron chi connectivity index (χ4n) is 0.885. The Balaban J connectivity index is 3.41. The minimum Gasteiger partial charge on any atom is -0.395 e. The van der Waals surface area contributed by atoms with Crippen molar-refractivity contribution in [2.75, 3.05) is 18.1 Å². The van der Waals surface area contributed by atoms with E-state index >= 15 is 0 Å². The summed E-state index contributed by atoms with van der Waals surface area (Å²) in [6, 6.07) is 0.726. The molecule has 0 amide bonds. The molecule has 0 fully saturated rings. The molecule has 0 aliphatic heterocycles. The molecule has 0 aromatic rings. The number of aliphatic hydroxyl groups excluding tert-OH is 1. The largest absolute Gasteiger partial charge is 0.395 e. The number of hydrogen-bond acceptors (Lipinski definition) is 3. The summed E-state index contributed by atoms with van der Waals surface area (Å²) in [6.45, 7) is 6.57. The second-order valence-corrected chi connectivity index (χ2v) is 4.18. The van der Waals surface area contributed by atoms with Crippen LogP contribution >= 0.6 is 11.8 Å². The molecule has 0 aliphatic rings. The first-order chi connectivity index (χ1) is 5.20. The van der Waals surface area contributed by atoms with E-state index in [2.05, 4.69) is 26.1 Å². The lowest BCUT2D eigenvalue weighted by molar-refractivity contribution is 0.247. The molecule has 0 spiro atoms. The number of hydrogen-bond donors (Lipinski definition) is 2. The van der Waals surface area contributed by atoms with Gasteiger partial charge in [-0.05, 0) is 5.75 Å². The molecule has 1 unspecified atom stereocenters. The first kappa shape index (κ1) is 11.3. The molecular weight excluding hydrogens is 158 g/mol. The van der Waals surface area contributed by atoms with Gasteiger partial charge in [0.1, 0.15) is 0 Å².